The molecular weight excluding hydrogens is 300 g/mol. The van der Waals surface area contributed by atoms with Crippen molar-refractivity contribution in [3.8, 4) is 5.75 Å². The minimum absolute atomic E-state index is 0.0371. The van der Waals surface area contributed by atoms with Crippen molar-refractivity contribution in [2.24, 2.45) is 17.1 Å². The van der Waals surface area contributed by atoms with Crippen molar-refractivity contribution in [1.82, 2.24) is 4.90 Å². The number of rotatable bonds is 1. The van der Waals surface area contributed by atoms with Gasteiger partial charge in [0.25, 0.3) is 0 Å². The van der Waals surface area contributed by atoms with E-state index in [4.69, 9.17) is 22.1 Å². The monoisotopic (exact) mass is 322 g/mol. The third kappa shape index (κ3) is 2.95. The highest BCUT2D eigenvalue weighted by Gasteiger charge is 2.38. The van der Waals surface area contributed by atoms with Crippen LogP contribution in [0, 0.1) is 11.3 Å². The van der Waals surface area contributed by atoms with Crippen molar-refractivity contribution < 1.29 is 9.53 Å². The Bertz CT molecular complexity index is 588. The first kappa shape index (κ1) is 15.6. The van der Waals surface area contributed by atoms with Crippen LogP contribution in [0.4, 0.5) is 0 Å². The lowest BCUT2D eigenvalue weighted by Gasteiger charge is -2.44. The summed E-state index contributed by atoms with van der Waals surface area (Å²) in [6.07, 6.45) is 1.55. The molecule has 0 saturated carbocycles. The molecule has 0 aliphatic carbocycles. The number of fused-ring (bicyclic) bond motifs is 1. The van der Waals surface area contributed by atoms with Gasteiger partial charge >= 0.3 is 0 Å². The molecule has 2 heterocycles. The van der Waals surface area contributed by atoms with E-state index >= 15 is 0 Å². The van der Waals surface area contributed by atoms with Crippen molar-refractivity contribution in [2.45, 2.75) is 32.7 Å². The molecule has 1 saturated heterocycles. The van der Waals surface area contributed by atoms with Gasteiger partial charge in [0.2, 0.25) is 5.91 Å². The summed E-state index contributed by atoms with van der Waals surface area (Å²) < 4.78 is 5.75. The second-order valence-corrected chi connectivity index (χ2v) is 7.54. The molecule has 2 aliphatic heterocycles. The van der Waals surface area contributed by atoms with Crippen LogP contribution >= 0.6 is 11.6 Å². The fourth-order valence-corrected chi connectivity index (χ4v) is 3.54. The fraction of sp³-hybridized carbons (Fsp3) is 0.588. The summed E-state index contributed by atoms with van der Waals surface area (Å²) in [7, 11) is 0. The van der Waals surface area contributed by atoms with Crippen LogP contribution in [0.25, 0.3) is 0 Å². The molecule has 2 unspecified atom stereocenters. The normalized spacial score (nSPS) is 27.0. The van der Waals surface area contributed by atoms with Crippen molar-refractivity contribution >= 4 is 17.5 Å². The molecule has 0 bridgehead atoms. The highest BCUT2D eigenvalue weighted by Crippen LogP contribution is 2.33. The van der Waals surface area contributed by atoms with E-state index in [1.807, 2.05) is 23.1 Å². The Labute approximate surface area is 136 Å². The summed E-state index contributed by atoms with van der Waals surface area (Å²) >= 11 is 6.04. The number of halogens is 1. The van der Waals surface area contributed by atoms with Gasteiger partial charge in [-0.3, -0.25) is 4.79 Å². The van der Waals surface area contributed by atoms with Crippen molar-refractivity contribution in [3.63, 3.8) is 0 Å². The van der Waals surface area contributed by atoms with E-state index in [1.54, 1.807) is 0 Å². The van der Waals surface area contributed by atoms with Gasteiger partial charge in [0, 0.05) is 24.2 Å². The number of benzene rings is 1. The van der Waals surface area contributed by atoms with E-state index in [-0.39, 0.29) is 23.3 Å². The van der Waals surface area contributed by atoms with Crippen molar-refractivity contribution in [2.75, 3.05) is 19.7 Å². The third-order valence-electron chi connectivity index (χ3n) is 4.90. The van der Waals surface area contributed by atoms with Crippen LogP contribution in [0.5, 0.6) is 5.75 Å². The Morgan fingerprint density at radius 2 is 2.23 bits per heavy atom. The van der Waals surface area contributed by atoms with Gasteiger partial charge in [0.15, 0.2) is 0 Å². The number of piperidine rings is 1. The lowest BCUT2D eigenvalue weighted by atomic mass is 9.79. The first-order valence-corrected chi connectivity index (χ1v) is 8.20. The standard InChI is InChI=1S/C17H23ClN2O2/c1-17(2)10-20(6-5-15(17)19)16(21)12-7-11-8-13(18)3-4-14(11)22-9-12/h3-4,8,12,15H,5-7,9-10,19H2,1-2H3. The number of amides is 1. The highest BCUT2D eigenvalue weighted by atomic mass is 35.5. The summed E-state index contributed by atoms with van der Waals surface area (Å²) in [5.41, 5.74) is 7.14. The van der Waals surface area contributed by atoms with Gasteiger partial charge in [-0.15, -0.1) is 0 Å². The minimum atomic E-state index is -0.129. The van der Waals surface area contributed by atoms with Crippen LogP contribution in [0.2, 0.25) is 5.02 Å². The molecule has 5 heteroatoms. The molecule has 1 aromatic rings. The van der Waals surface area contributed by atoms with Crippen LogP contribution in [-0.4, -0.2) is 36.5 Å². The average molecular weight is 323 g/mol. The van der Waals surface area contributed by atoms with Gasteiger partial charge in [0.1, 0.15) is 12.4 Å². The summed E-state index contributed by atoms with van der Waals surface area (Å²) in [5, 5.41) is 0.681. The molecule has 4 nitrogen and oxygen atoms in total. The average Bonchev–Trinajstić information content (AvgIpc) is 2.48. The molecule has 22 heavy (non-hydrogen) atoms. The zero-order valence-corrected chi connectivity index (χ0v) is 13.9. The molecule has 2 aliphatic rings. The Hall–Kier alpha value is -1.26. The van der Waals surface area contributed by atoms with E-state index in [1.165, 1.54) is 0 Å². The van der Waals surface area contributed by atoms with Gasteiger partial charge in [-0.1, -0.05) is 25.4 Å². The molecule has 1 aromatic carbocycles. The molecule has 0 radical (unpaired) electrons. The smallest absolute Gasteiger partial charge is 0.229 e. The molecule has 3 rings (SSSR count). The first-order chi connectivity index (χ1) is 10.4. The van der Waals surface area contributed by atoms with Crippen LogP contribution in [-0.2, 0) is 11.2 Å². The van der Waals surface area contributed by atoms with Gasteiger partial charge < -0.3 is 15.4 Å². The van der Waals surface area contributed by atoms with Crippen LogP contribution in [0.3, 0.4) is 0 Å². The van der Waals surface area contributed by atoms with Crippen molar-refractivity contribution in [3.05, 3.63) is 28.8 Å². The lowest BCUT2D eigenvalue weighted by molar-refractivity contribution is -0.140. The second kappa shape index (κ2) is 5.74. The zero-order chi connectivity index (χ0) is 15.9. The van der Waals surface area contributed by atoms with Gasteiger partial charge in [0.05, 0.1) is 5.92 Å². The predicted octanol–water partition coefficient (Wildman–Crippen LogP) is 2.48. The molecule has 120 valence electrons. The molecule has 2 atom stereocenters. The molecule has 1 fully saturated rings. The maximum absolute atomic E-state index is 12.8. The zero-order valence-electron chi connectivity index (χ0n) is 13.1. The third-order valence-corrected chi connectivity index (χ3v) is 5.14. The molecule has 2 N–H and O–H groups in total. The number of nitrogens with zero attached hydrogens (tertiary/aromatic N) is 1. The number of ether oxygens (including phenoxy) is 1. The number of likely N-dealkylation sites (tertiary alicyclic amines) is 1. The first-order valence-electron chi connectivity index (χ1n) is 7.82. The number of carbonyl (C=O) groups is 1. The number of nitrogens with two attached hydrogens (primary N) is 1. The van der Waals surface area contributed by atoms with Crippen LogP contribution in [0.15, 0.2) is 18.2 Å². The van der Waals surface area contributed by atoms with Crippen LogP contribution in [0.1, 0.15) is 25.8 Å². The second-order valence-electron chi connectivity index (χ2n) is 7.11. The SMILES string of the molecule is CC1(C)CN(C(=O)C2COc3ccc(Cl)cc3C2)CCC1N. The number of hydrogen-bond donors (Lipinski definition) is 1. The predicted molar refractivity (Wildman–Crippen MR) is 87.1 cm³/mol. The Morgan fingerprint density at radius 3 is 2.95 bits per heavy atom. The topological polar surface area (TPSA) is 55.6 Å². The number of hydrogen-bond acceptors (Lipinski definition) is 3. The van der Waals surface area contributed by atoms with Gasteiger partial charge in [-0.25, -0.2) is 0 Å². The van der Waals surface area contributed by atoms with Crippen molar-refractivity contribution in [1.29, 1.82) is 0 Å². The largest absolute Gasteiger partial charge is 0.492 e. The Kier molecular flexibility index (Phi) is 4.08. The van der Waals surface area contributed by atoms with Gasteiger partial charge in [-0.2, -0.15) is 0 Å². The minimum Gasteiger partial charge on any atom is -0.492 e. The maximum Gasteiger partial charge on any atom is 0.229 e. The van der Waals surface area contributed by atoms with E-state index < -0.39 is 0 Å². The molecular formula is C17H23ClN2O2. The fourth-order valence-electron chi connectivity index (χ4n) is 3.34. The number of carbonyl (C=O) groups excluding carboxylic acids is 1. The summed E-state index contributed by atoms with van der Waals surface area (Å²) in [6.45, 7) is 6.15. The summed E-state index contributed by atoms with van der Waals surface area (Å²) in [4.78, 5) is 14.8. The van der Waals surface area contributed by atoms with E-state index in [2.05, 4.69) is 13.8 Å². The lowest BCUT2D eigenvalue weighted by Crippen LogP contribution is -2.55. The Balaban J connectivity index is 1.71. The highest BCUT2D eigenvalue weighted by molar-refractivity contribution is 6.30. The van der Waals surface area contributed by atoms with E-state index in [9.17, 15) is 4.79 Å². The Morgan fingerprint density at radius 1 is 1.45 bits per heavy atom. The van der Waals surface area contributed by atoms with E-state index in [0.29, 0.717) is 24.6 Å². The summed E-state index contributed by atoms with van der Waals surface area (Å²) in [6, 6.07) is 5.74. The molecule has 0 spiro atoms. The maximum atomic E-state index is 12.8. The quantitative estimate of drug-likeness (QED) is 0.864. The van der Waals surface area contributed by atoms with Crippen LogP contribution < -0.4 is 10.5 Å². The van der Waals surface area contributed by atoms with Gasteiger partial charge in [-0.05, 0) is 42.0 Å². The van der Waals surface area contributed by atoms with E-state index in [0.717, 1.165) is 24.3 Å². The summed E-state index contributed by atoms with van der Waals surface area (Å²) in [5.74, 6) is 0.885. The molecule has 1 amide bonds. The molecule has 0 aromatic heterocycles.